The molecule has 0 aliphatic carbocycles. The highest BCUT2D eigenvalue weighted by Gasteiger charge is 2.16. The summed E-state index contributed by atoms with van der Waals surface area (Å²) >= 11 is 0. The molecular formula is C12H29NO3. The minimum Gasteiger partial charge on any atom is -0.396 e. The van der Waals surface area contributed by atoms with Crippen molar-refractivity contribution in [3.05, 3.63) is 0 Å². The van der Waals surface area contributed by atoms with Crippen LogP contribution < -0.4 is 5.73 Å². The van der Waals surface area contributed by atoms with Gasteiger partial charge in [-0.25, -0.2) is 0 Å². The van der Waals surface area contributed by atoms with Crippen LogP contribution in [0, 0.1) is 5.92 Å². The quantitative estimate of drug-likeness (QED) is 0.618. The maximum absolute atomic E-state index is 8.73. The van der Waals surface area contributed by atoms with Gasteiger partial charge >= 0.3 is 0 Å². The molecule has 0 radical (unpaired) electrons. The highest BCUT2D eigenvalue weighted by molar-refractivity contribution is 4.67. The lowest BCUT2D eigenvalue weighted by atomic mass is 10.1. The third kappa shape index (κ3) is 16.3. The van der Waals surface area contributed by atoms with Crippen LogP contribution in [0.4, 0.5) is 0 Å². The van der Waals surface area contributed by atoms with Gasteiger partial charge in [0.1, 0.15) is 0 Å². The Balaban J connectivity index is 0. The zero-order chi connectivity index (χ0) is 13.0. The lowest BCUT2D eigenvalue weighted by Gasteiger charge is -2.24. The molecule has 0 aromatic rings. The first-order valence-electron chi connectivity index (χ1n) is 5.95. The number of hydrogen-bond donors (Lipinski definition) is 3. The van der Waals surface area contributed by atoms with Crippen molar-refractivity contribution in [1.82, 2.24) is 0 Å². The summed E-state index contributed by atoms with van der Waals surface area (Å²) in [6.07, 6.45) is 1.81. The third-order valence-electron chi connectivity index (χ3n) is 2.03. The van der Waals surface area contributed by atoms with Gasteiger partial charge in [0.2, 0.25) is 0 Å². The second-order valence-corrected chi connectivity index (χ2v) is 4.78. The molecule has 0 spiro atoms. The van der Waals surface area contributed by atoms with Gasteiger partial charge in [-0.1, -0.05) is 13.8 Å². The van der Waals surface area contributed by atoms with Gasteiger partial charge in [0.05, 0.1) is 12.2 Å². The van der Waals surface area contributed by atoms with Crippen LogP contribution in [-0.2, 0) is 4.74 Å². The van der Waals surface area contributed by atoms with Crippen LogP contribution in [0.3, 0.4) is 0 Å². The van der Waals surface area contributed by atoms with Gasteiger partial charge in [0, 0.05) is 19.8 Å². The van der Waals surface area contributed by atoms with E-state index in [1.165, 1.54) is 0 Å². The Hall–Kier alpha value is -0.160. The summed E-state index contributed by atoms with van der Waals surface area (Å²) in [5.41, 5.74) is 4.61. The second kappa shape index (κ2) is 11.3. The third-order valence-corrected chi connectivity index (χ3v) is 2.03. The van der Waals surface area contributed by atoms with E-state index in [0.29, 0.717) is 18.9 Å². The lowest BCUT2D eigenvalue weighted by molar-refractivity contribution is -0.0364. The van der Waals surface area contributed by atoms with Gasteiger partial charge in [0.25, 0.3) is 0 Å². The highest BCUT2D eigenvalue weighted by Crippen LogP contribution is 2.14. The molecule has 0 saturated carbocycles. The molecule has 0 aliphatic heterocycles. The molecule has 0 unspecified atom stereocenters. The fraction of sp³-hybridized carbons (Fsp3) is 1.00. The Morgan fingerprint density at radius 2 is 1.69 bits per heavy atom. The molecule has 100 valence electrons. The molecule has 4 N–H and O–H groups in total. The van der Waals surface area contributed by atoms with Gasteiger partial charge in [-0.05, 0) is 32.6 Å². The van der Waals surface area contributed by atoms with E-state index in [2.05, 4.69) is 13.8 Å². The largest absolute Gasteiger partial charge is 0.396 e. The highest BCUT2D eigenvalue weighted by atomic mass is 16.5. The van der Waals surface area contributed by atoms with Crippen LogP contribution in [-0.4, -0.2) is 42.2 Å². The number of ether oxygens (including phenoxy) is 1. The van der Waals surface area contributed by atoms with Gasteiger partial charge in [-0.2, -0.15) is 0 Å². The fourth-order valence-corrected chi connectivity index (χ4v) is 0.912. The lowest BCUT2D eigenvalue weighted by Crippen LogP contribution is -2.26. The normalized spacial score (nSPS) is 11.2. The van der Waals surface area contributed by atoms with E-state index in [9.17, 15) is 0 Å². The van der Waals surface area contributed by atoms with E-state index >= 15 is 0 Å². The Bertz CT molecular complexity index is 136. The summed E-state index contributed by atoms with van der Waals surface area (Å²) in [5.74, 6) is 0.690. The molecule has 0 bridgehead atoms. The first kappa shape index (κ1) is 18.2. The molecule has 4 heteroatoms. The summed E-state index contributed by atoms with van der Waals surface area (Å²) in [5, 5.41) is 16.5. The van der Waals surface area contributed by atoms with Crippen molar-refractivity contribution >= 4 is 0 Å². The van der Waals surface area contributed by atoms with Crippen molar-refractivity contribution in [3.8, 4) is 0 Å². The zero-order valence-corrected chi connectivity index (χ0v) is 11.2. The van der Waals surface area contributed by atoms with Crippen molar-refractivity contribution < 1.29 is 14.9 Å². The summed E-state index contributed by atoms with van der Waals surface area (Å²) in [7, 11) is 0. The van der Waals surface area contributed by atoms with Crippen molar-refractivity contribution in [2.75, 3.05) is 26.4 Å². The van der Waals surface area contributed by atoms with Crippen molar-refractivity contribution in [2.45, 2.75) is 46.1 Å². The predicted octanol–water partition coefficient (Wildman–Crippen LogP) is 1.15. The van der Waals surface area contributed by atoms with E-state index in [1.54, 1.807) is 0 Å². The maximum Gasteiger partial charge on any atom is 0.0648 e. The molecule has 0 saturated heterocycles. The van der Waals surface area contributed by atoms with Gasteiger partial charge in [0.15, 0.2) is 0 Å². The molecular weight excluding hydrogens is 206 g/mol. The van der Waals surface area contributed by atoms with Crippen molar-refractivity contribution in [1.29, 1.82) is 0 Å². The second-order valence-electron chi connectivity index (χ2n) is 4.78. The average molecular weight is 235 g/mol. The van der Waals surface area contributed by atoms with E-state index in [1.807, 2.05) is 13.8 Å². The maximum atomic E-state index is 8.73. The molecule has 4 nitrogen and oxygen atoms in total. The first-order valence-corrected chi connectivity index (χ1v) is 5.95. The molecule has 0 fully saturated rings. The van der Waals surface area contributed by atoms with Crippen LogP contribution in [0.2, 0.25) is 0 Å². The van der Waals surface area contributed by atoms with Gasteiger partial charge < -0.3 is 20.7 Å². The topological polar surface area (TPSA) is 75.7 Å². The zero-order valence-electron chi connectivity index (χ0n) is 11.2. The van der Waals surface area contributed by atoms with Crippen LogP contribution in [0.1, 0.15) is 40.5 Å². The summed E-state index contributed by atoms with van der Waals surface area (Å²) in [6.45, 7) is 9.87. The van der Waals surface area contributed by atoms with Crippen molar-refractivity contribution in [2.24, 2.45) is 11.7 Å². The van der Waals surface area contributed by atoms with Gasteiger partial charge in [-0.15, -0.1) is 0 Å². The molecule has 16 heavy (non-hydrogen) atoms. The van der Waals surface area contributed by atoms with Gasteiger partial charge in [-0.3, -0.25) is 0 Å². The van der Waals surface area contributed by atoms with E-state index in [0.717, 1.165) is 13.0 Å². The van der Waals surface area contributed by atoms with E-state index < -0.39 is 0 Å². The Morgan fingerprint density at radius 3 is 2.00 bits per heavy atom. The molecule has 0 heterocycles. The smallest absolute Gasteiger partial charge is 0.0648 e. The predicted molar refractivity (Wildman–Crippen MR) is 67.3 cm³/mol. The Kier molecular flexibility index (Phi) is 12.9. The van der Waals surface area contributed by atoms with E-state index in [4.69, 9.17) is 20.7 Å². The van der Waals surface area contributed by atoms with E-state index in [-0.39, 0.29) is 18.8 Å². The van der Waals surface area contributed by atoms with Crippen LogP contribution in [0.25, 0.3) is 0 Å². The van der Waals surface area contributed by atoms with Crippen LogP contribution in [0.15, 0.2) is 0 Å². The number of rotatable bonds is 7. The van der Waals surface area contributed by atoms with Crippen LogP contribution in [0.5, 0.6) is 0 Å². The number of aliphatic hydroxyl groups excluding tert-OH is 2. The number of aliphatic hydroxyl groups is 2. The SMILES string of the molecule is CC(C)CCOC(C)(C)CCO.NCCO. The first-order chi connectivity index (χ1) is 7.39. The molecule has 0 aromatic carbocycles. The Morgan fingerprint density at radius 1 is 1.19 bits per heavy atom. The molecule has 0 rings (SSSR count). The molecule has 0 aliphatic rings. The monoisotopic (exact) mass is 235 g/mol. The average Bonchev–Trinajstić information content (AvgIpc) is 2.17. The summed E-state index contributed by atoms with van der Waals surface area (Å²) in [4.78, 5) is 0. The van der Waals surface area contributed by atoms with Crippen molar-refractivity contribution in [3.63, 3.8) is 0 Å². The standard InChI is InChI=1S/C10H22O2.C2H7NO/c1-9(2)5-8-12-10(3,4)6-7-11;3-1-2-4/h9,11H,5-8H2,1-4H3;4H,1-3H2. The minimum absolute atomic E-state index is 0.0972. The number of hydrogen-bond acceptors (Lipinski definition) is 4. The summed E-state index contributed by atoms with van der Waals surface area (Å²) in [6, 6.07) is 0. The minimum atomic E-state index is -0.163. The molecule has 0 aromatic heterocycles. The molecule has 0 amide bonds. The number of nitrogens with two attached hydrogens (primary N) is 1. The molecule has 0 atom stereocenters. The van der Waals surface area contributed by atoms with Crippen LogP contribution >= 0.6 is 0 Å². The summed E-state index contributed by atoms with van der Waals surface area (Å²) < 4.78 is 5.62. The Labute approximate surface area is 99.8 Å². The fourth-order valence-electron chi connectivity index (χ4n) is 0.912.